The quantitative estimate of drug-likeness (QED) is 0.781. The molecule has 2 aromatic heterocycles. The first kappa shape index (κ1) is 15.0. The summed E-state index contributed by atoms with van der Waals surface area (Å²) in [4.78, 5) is 4.01. The van der Waals surface area contributed by atoms with Crippen LogP contribution >= 0.6 is 11.3 Å². The second kappa shape index (κ2) is 6.04. The fraction of sp³-hybridized carbons (Fsp3) is 0.133. The van der Waals surface area contributed by atoms with Crippen molar-refractivity contribution in [3.8, 4) is 5.69 Å². The molecule has 5 nitrogen and oxygen atoms in total. The Balaban J connectivity index is 1.77. The molecule has 0 saturated carbocycles. The highest BCUT2D eigenvalue weighted by molar-refractivity contribution is 7.91. The third kappa shape index (κ3) is 3.11. The Bertz CT molecular complexity index is 824. The van der Waals surface area contributed by atoms with E-state index in [0.29, 0.717) is 4.21 Å². The number of imidazole rings is 1. The summed E-state index contributed by atoms with van der Waals surface area (Å²) < 4.78 is 29.3. The molecule has 0 radical (unpaired) electrons. The summed E-state index contributed by atoms with van der Waals surface area (Å²) in [5, 5.41) is 1.75. The number of hydrogen-bond acceptors (Lipinski definition) is 4. The molecule has 0 bridgehead atoms. The van der Waals surface area contributed by atoms with E-state index < -0.39 is 10.0 Å². The predicted molar refractivity (Wildman–Crippen MR) is 86.6 cm³/mol. The molecule has 0 aliphatic rings. The van der Waals surface area contributed by atoms with E-state index in [0.717, 1.165) is 11.3 Å². The fourth-order valence-corrected chi connectivity index (χ4v) is 4.36. The number of hydrogen-bond donors (Lipinski definition) is 1. The van der Waals surface area contributed by atoms with Gasteiger partial charge in [0.2, 0.25) is 0 Å². The van der Waals surface area contributed by atoms with Crippen molar-refractivity contribution in [1.82, 2.24) is 14.3 Å². The van der Waals surface area contributed by atoms with Crippen LogP contribution in [0.3, 0.4) is 0 Å². The van der Waals surface area contributed by atoms with Crippen LogP contribution in [-0.4, -0.2) is 18.0 Å². The maximum atomic E-state index is 12.2. The van der Waals surface area contributed by atoms with Crippen LogP contribution in [0, 0.1) is 0 Å². The topological polar surface area (TPSA) is 64.0 Å². The van der Waals surface area contributed by atoms with Crippen LogP contribution < -0.4 is 4.72 Å². The molecule has 0 saturated heterocycles. The minimum absolute atomic E-state index is 0.302. The van der Waals surface area contributed by atoms with E-state index in [1.165, 1.54) is 11.3 Å². The van der Waals surface area contributed by atoms with Gasteiger partial charge in [0, 0.05) is 24.1 Å². The van der Waals surface area contributed by atoms with Gasteiger partial charge in [-0.1, -0.05) is 18.2 Å². The van der Waals surface area contributed by atoms with E-state index in [9.17, 15) is 8.42 Å². The fourth-order valence-electron chi connectivity index (χ4n) is 2.12. The third-order valence-corrected chi connectivity index (χ3v) is 6.23. The van der Waals surface area contributed by atoms with Gasteiger partial charge in [-0.25, -0.2) is 18.1 Å². The molecule has 3 aromatic rings. The van der Waals surface area contributed by atoms with Crippen LogP contribution in [0.5, 0.6) is 0 Å². The van der Waals surface area contributed by atoms with Crippen LogP contribution in [0.4, 0.5) is 0 Å². The molecule has 1 aromatic carbocycles. The summed E-state index contributed by atoms with van der Waals surface area (Å²) in [6, 6.07) is 10.7. The van der Waals surface area contributed by atoms with Gasteiger partial charge in [0.15, 0.2) is 0 Å². The summed E-state index contributed by atoms with van der Waals surface area (Å²) in [5.74, 6) is 0. The molecule has 0 aliphatic heterocycles. The Kier molecular flexibility index (Phi) is 4.10. The summed E-state index contributed by atoms with van der Waals surface area (Å²) >= 11 is 1.21. The molecule has 22 heavy (non-hydrogen) atoms. The second-order valence-corrected chi connectivity index (χ2v) is 7.73. The first-order valence-electron chi connectivity index (χ1n) is 6.70. The molecule has 1 N–H and O–H groups in total. The zero-order valence-corrected chi connectivity index (χ0v) is 13.5. The number of rotatable bonds is 5. The van der Waals surface area contributed by atoms with Gasteiger partial charge in [-0.2, -0.15) is 0 Å². The molecule has 0 fully saturated rings. The predicted octanol–water partition coefficient (Wildman–Crippen LogP) is 2.97. The molecule has 1 atom stereocenters. The van der Waals surface area contributed by atoms with Gasteiger partial charge in [-0.05, 0) is 36.1 Å². The lowest BCUT2D eigenvalue weighted by atomic mass is 10.1. The van der Waals surface area contributed by atoms with Crippen molar-refractivity contribution in [3.05, 3.63) is 66.1 Å². The zero-order chi connectivity index (χ0) is 15.6. The summed E-state index contributed by atoms with van der Waals surface area (Å²) in [6.07, 6.45) is 5.29. The van der Waals surface area contributed by atoms with Crippen molar-refractivity contribution in [1.29, 1.82) is 0 Å². The van der Waals surface area contributed by atoms with Gasteiger partial charge in [-0.3, -0.25) is 0 Å². The molecular weight excluding hydrogens is 318 g/mol. The van der Waals surface area contributed by atoms with E-state index in [1.807, 2.05) is 42.0 Å². The summed E-state index contributed by atoms with van der Waals surface area (Å²) in [7, 11) is -3.46. The Morgan fingerprint density at radius 2 is 2.00 bits per heavy atom. The summed E-state index contributed by atoms with van der Waals surface area (Å²) in [5.41, 5.74) is 1.89. The molecule has 0 unspecified atom stereocenters. The van der Waals surface area contributed by atoms with Crippen molar-refractivity contribution in [2.45, 2.75) is 17.2 Å². The molecule has 2 heterocycles. The number of nitrogens with one attached hydrogen (secondary N) is 1. The second-order valence-electron chi connectivity index (χ2n) is 4.84. The van der Waals surface area contributed by atoms with E-state index in [-0.39, 0.29) is 6.04 Å². The SMILES string of the molecule is C[C@H](NS(=O)(=O)c1cccs1)c1ccc(-n2ccnc2)cc1. The van der Waals surface area contributed by atoms with Gasteiger partial charge >= 0.3 is 0 Å². The van der Waals surface area contributed by atoms with Crippen molar-refractivity contribution in [2.24, 2.45) is 0 Å². The van der Waals surface area contributed by atoms with Crippen LogP contribution in [0.15, 0.2) is 64.7 Å². The van der Waals surface area contributed by atoms with Crippen LogP contribution in [0.25, 0.3) is 5.69 Å². The van der Waals surface area contributed by atoms with Gasteiger partial charge in [-0.15, -0.1) is 11.3 Å². The van der Waals surface area contributed by atoms with Crippen molar-refractivity contribution >= 4 is 21.4 Å². The minimum atomic E-state index is -3.46. The normalized spacial score (nSPS) is 13.1. The van der Waals surface area contributed by atoms with Crippen molar-refractivity contribution < 1.29 is 8.42 Å². The lowest BCUT2D eigenvalue weighted by molar-refractivity contribution is 0.569. The van der Waals surface area contributed by atoms with Crippen LogP contribution in [0.2, 0.25) is 0 Å². The molecule has 3 rings (SSSR count). The van der Waals surface area contributed by atoms with Crippen molar-refractivity contribution in [2.75, 3.05) is 0 Å². The smallest absolute Gasteiger partial charge is 0.250 e. The van der Waals surface area contributed by atoms with Gasteiger partial charge in [0.1, 0.15) is 4.21 Å². The number of aromatic nitrogens is 2. The Morgan fingerprint density at radius 1 is 1.23 bits per heavy atom. The maximum Gasteiger partial charge on any atom is 0.250 e. The highest BCUT2D eigenvalue weighted by Gasteiger charge is 2.19. The van der Waals surface area contributed by atoms with Crippen LogP contribution in [0.1, 0.15) is 18.5 Å². The first-order valence-corrected chi connectivity index (χ1v) is 9.07. The highest BCUT2D eigenvalue weighted by Crippen LogP contribution is 2.21. The standard InChI is InChI=1S/C15H15N3O2S2/c1-12(17-22(19,20)15-3-2-10-21-15)13-4-6-14(7-5-13)18-9-8-16-11-18/h2-12,17H,1H3/t12-/m0/s1. The van der Waals surface area contributed by atoms with Gasteiger partial charge < -0.3 is 4.57 Å². The number of benzene rings is 1. The Labute approximate surface area is 133 Å². The van der Waals surface area contributed by atoms with E-state index in [4.69, 9.17) is 0 Å². The average molecular weight is 333 g/mol. The zero-order valence-electron chi connectivity index (χ0n) is 11.9. The molecule has 7 heteroatoms. The number of nitrogens with zero attached hydrogens (tertiary/aromatic N) is 2. The molecule has 114 valence electrons. The third-order valence-electron chi connectivity index (χ3n) is 3.29. The Morgan fingerprint density at radius 3 is 2.59 bits per heavy atom. The van der Waals surface area contributed by atoms with E-state index in [1.54, 1.807) is 30.0 Å². The minimum Gasteiger partial charge on any atom is -0.306 e. The lowest BCUT2D eigenvalue weighted by Gasteiger charge is -2.14. The molecule has 0 spiro atoms. The Hall–Kier alpha value is -1.96. The van der Waals surface area contributed by atoms with Crippen molar-refractivity contribution in [3.63, 3.8) is 0 Å². The first-order chi connectivity index (χ1) is 10.6. The van der Waals surface area contributed by atoms with Gasteiger partial charge in [0.05, 0.1) is 6.33 Å². The number of thiophene rings is 1. The number of sulfonamides is 1. The largest absolute Gasteiger partial charge is 0.306 e. The van der Waals surface area contributed by atoms with E-state index in [2.05, 4.69) is 9.71 Å². The molecular formula is C15H15N3O2S2. The van der Waals surface area contributed by atoms with E-state index >= 15 is 0 Å². The maximum absolute atomic E-state index is 12.2. The van der Waals surface area contributed by atoms with Gasteiger partial charge in [0.25, 0.3) is 10.0 Å². The molecule has 0 aliphatic carbocycles. The summed E-state index contributed by atoms with van der Waals surface area (Å²) in [6.45, 7) is 1.83. The van der Waals surface area contributed by atoms with Crippen LogP contribution in [-0.2, 0) is 10.0 Å². The lowest BCUT2D eigenvalue weighted by Crippen LogP contribution is -2.26. The highest BCUT2D eigenvalue weighted by atomic mass is 32.2. The molecule has 0 amide bonds. The average Bonchev–Trinajstić information content (AvgIpc) is 3.20. The monoisotopic (exact) mass is 333 g/mol.